The van der Waals surface area contributed by atoms with Crippen LogP contribution in [-0.4, -0.2) is 50.8 Å². The van der Waals surface area contributed by atoms with Gasteiger partial charge in [-0.25, -0.2) is 19.3 Å². The van der Waals surface area contributed by atoms with Crippen LogP contribution in [0.3, 0.4) is 0 Å². The molecule has 1 aliphatic heterocycles. The molecule has 1 N–H and O–H groups in total. The quantitative estimate of drug-likeness (QED) is 0.521. The first-order valence-corrected chi connectivity index (χ1v) is 11.3. The number of aromatic nitrogens is 4. The van der Waals surface area contributed by atoms with E-state index >= 15 is 0 Å². The van der Waals surface area contributed by atoms with Gasteiger partial charge in [-0.05, 0) is 49.1 Å². The number of ether oxygens (including phenoxy) is 1. The molecule has 8 heteroatoms. The number of anilines is 1. The van der Waals surface area contributed by atoms with Gasteiger partial charge in [0.1, 0.15) is 17.1 Å². The predicted octanol–water partition coefficient (Wildman–Crippen LogP) is 3.34. The largest absolute Gasteiger partial charge is 0.379 e. The van der Waals surface area contributed by atoms with Crippen molar-refractivity contribution in [3.63, 3.8) is 0 Å². The first-order chi connectivity index (χ1) is 16.1. The Bertz CT molecular complexity index is 1300. The molecule has 0 spiro atoms. The number of hydrogen-bond donors (Lipinski definition) is 1. The van der Waals surface area contributed by atoms with E-state index in [4.69, 9.17) is 9.72 Å². The molecular weight excluding hydrogens is 421 g/mol. The second kappa shape index (κ2) is 7.90. The van der Waals surface area contributed by atoms with Crippen molar-refractivity contribution in [2.75, 3.05) is 31.2 Å². The summed E-state index contributed by atoms with van der Waals surface area (Å²) < 4.78 is 20.9. The van der Waals surface area contributed by atoms with E-state index in [0.717, 1.165) is 54.1 Å². The second-order valence-corrected chi connectivity index (χ2v) is 8.64. The summed E-state index contributed by atoms with van der Waals surface area (Å²) in [5, 5.41) is 11.8. The molecule has 6 rings (SSSR count). The number of fused-ring (bicyclic) bond motifs is 3. The fourth-order valence-electron chi connectivity index (χ4n) is 4.91. The van der Waals surface area contributed by atoms with E-state index < -0.39 is 5.60 Å². The molecular formula is C25H24FN5O2. The van der Waals surface area contributed by atoms with Crippen molar-refractivity contribution in [3.05, 3.63) is 77.8 Å². The van der Waals surface area contributed by atoms with Crippen molar-refractivity contribution in [1.82, 2.24) is 19.4 Å². The van der Waals surface area contributed by atoms with Crippen LogP contribution in [0.5, 0.6) is 0 Å². The monoisotopic (exact) mass is 445 g/mol. The first kappa shape index (κ1) is 20.3. The van der Waals surface area contributed by atoms with Gasteiger partial charge in [0.05, 0.1) is 24.6 Å². The standard InChI is InChI=1S/C25H24FN5O2/c26-20-6-4-19(5-7-20)25(32)9-1-2-21-23(25)31-16-17(3-8-22(31)29-21)18-14-27-24(28-15-18)30-10-12-33-13-11-30/h3-8,14-16,32H,1-2,9-13H2. The van der Waals surface area contributed by atoms with Gasteiger partial charge in [0.2, 0.25) is 5.95 Å². The van der Waals surface area contributed by atoms with Gasteiger partial charge >= 0.3 is 0 Å². The molecule has 1 fully saturated rings. The van der Waals surface area contributed by atoms with Gasteiger partial charge in [-0.15, -0.1) is 0 Å². The third kappa shape index (κ3) is 3.46. The number of morpholine rings is 1. The van der Waals surface area contributed by atoms with Crippen LogP contribution in [0.2, 0.25) is 0 Å². The number of aliphatic hydroxyl groups is 1. The molecule has 0 amide bonds. The van der Waals surface area contributed by atoms with Gasteiger partial charge in [-0.2, -0.15) is 0 Å². The van der Waals surface area contributed by atoms with Crippen LogP contribution < -0.4 is 4.90 Å². The maximum absolute atomic E-state index is 13.5. The molecule has 1 atom stereocenters. The van der Waals surface area contributed by atoms with Crippen LogP contribution in [0.25, 0.3) is 16.8 Å². The summed E-state index contributed by atoms with van der Waals surface area (Å²) in [6, 6.07) is 10.1. The van der Waals surface area contributed by atoms with Gasteiger partial charge < -0.3 is 14.7 Å². The maximum atomic E-state index is 13.5. The maximum Gasteiger partial charge on any atom is 0.225 e. The van der Waals surface area contributed by atoms with E-state index in [0.29, 0.717) is 31.1 Å². The van der Waals surface area contributed by atoms with E-state index in [1.807, 2.05) is 35.1 Å². The lowest BCUT2D eigenvalue weighted by Crippen LogP contribution is -2.37. The molecule has 1 unspecified atom stereocenters. The number of halogens is 1. The number of nitrogens with zero attached hydrogens (tertiary/aromatic N) is 5. The van der Waals surface area contributed by atoms with Gasteiger partial charge in [0, 0.05) is 42.8 Å². The summed E-state index contributed by atoms with van der Waals surface area (Å²) in [4.78, 5) is 16.0. The molecule has 2 aliphatic rings. The van der Waals surface area contributed by atoms with Gasteiger partial charge in [0.15, 0.2) is 0 Å². The predicted molar refractivity (Wildman–Crippen MR) is 122 cm³/mol. The summed E-state index contributed by atoms with van der Waals surface area (Å²) in [5.74, 6) is 0.383. The number of hydrogen-bond acceptors (Lipinski definition) is 6. The molecule has 7 nitrogen and oxygen atoms in total. The van der Waals surface area contributed by atoms with E-state index in [1.165, 1.54) is 12.1 Å². The zero-order valence-corrected chi connectivity index (χ0v) is 18.1. The highest BCUT2D eigenvalue weighted by Crippen LogP contribution is 2.41. The number of rotatable bonds is 3. The smallest absolute Gasteiger partial charge is 0.225 e. The highest BCUT2D eigenvalue weighted by Gasteiger charge is 2.40. The highest BCUT2D eigenvalue weighted by atomic mass is 19.1. The molecule has 0 bridgehead atoms. The van der Waals surface area contributed by atoms with Gasteiger partial charge in [0.25, 0.3) is 0 Å². The number of aryl methyl sites for hydroxylation is 1. The van der Waals surface area contributed by atoms with Crippen molar-refractivity contribution in [1.29, 1.82) is 0 Å². The van der Waals surface area contributed by atoms with Crippen molar-refractivity contribution < 1.29 is 14.2 Å². The minimum absolute atomic E-state index is 0.320. The average Bonchev–Trinajstić information content (AvgIpc) is 3.24. The minimum atomic E-state index is -1.23. The zero-order valence-electron chi connectivity index (χ0n) is 18.1. The van der Waals surface area contributed by atoms with E-state index in [9.17, 15) is 9.50 Å². The molecule has 1 saturated heterocycles. The van der Waals surface area contributed by atoms with Crippen molar-refractivity contribution in [2.24, 2.45) is 0 Å². The van der Waals surface area contributed by atoms with Crippen LogP contribution >= 0.6 is 0 Å². The third-order valence-electron chi connectivity index (χ3n) is 6.62. The Kier molecular flexibility index (Phi) is 4.85. The molecule has 1 aromatic carbocycles. The summed E-state index contributed by atoms with van der Waals surface area (Å²) in [5.41, 5.74) is 3.68. The third-order valence-corrected chi connectivity index (χ3v) is 6.62. The lowest BCUT2D eigenvalue weighted by molar-refractivity contribution is 0.0558. The topological polar surface area (TPSA) is 75.8 Å². The Morgan fingerprint density at radius 3 is 2.48 bits per heavy atom. The molecule has 4 aromatic rings. The van der Waals surface area contributed by atoms with E-state index in [2.05, 4.69) is 14.9 Å². The van der Waals surface area contributed by atoms with Crippen molar-refractivity contribution in [3.8, 4) is 11.1 Å². The van der Waals surface area contributed by atoms with E-state index in [-0.39, 0.29) is 5.82 Å². The lowest BCUT2D eigenvalue weighted by Gasteiger charge is -2.33. The second-order valence-electron chi connectivity index (χ2n) is 8.64. The zero-order chi connectivity index (χ0) is 22.4. The average molecular weight is 445 g/mol. The fourth-order valence-corrected chi connectivity index (χ4v) is 4.91. The minimum Gasteiger partial charge on any atom is -0.379 e. The Balaban J connectivity index is 1.41. The normalized spacial score (nSPS) is 20.7. The molecule has 1 aliphatic carbocycles. The number of imidazole rings is 1. The van der Waals surface area contributed by atoms with E-state index in [1.54, 1.807) is 12.1 Å². The molecule has 168 valence electrons. The molecule has 4 heterocycles. The first-order valence-electron chi connectivity index (χ1n) is 11.3. The number of benzene rings is 1. The van der Waals surface area contributed by atoms with Gasteiger partial charge in [-0.3, -0.25) is 4.40 Å². The molecule has 0 radical (unpaired) electrons. The summed E-state index contributed by atoms with van der Waals surface area (Å²) in [6.45, 7) is 2.94. The van der Waals surface area contributed by atoms with Crippen LogP contribution in [0.4, 0.5) is 10.3 Å². The SMILES string of the molecule is OC1(c2ccc(F)cc2)CCCc2nc3ccc(-c4cnc(N5CCOCC5)nc4)cn3c21. The summed E-state index contributed by atoms with van der Waals surface area (Å²) in [7, 11) is 0. The summed E-state index contributed by atoms with van der Waals surface area (Å²) >= 11 is 0. The molecule has 0 saturated carbocycles. The molecule has 33 heavy (non-hydrogen) atoms. The van der Waals surface area contributed by atoms with Crippen LogP contribution in [-0.2, 0) is 16.8 Å². The highest BCUT2D eigenvalue weighted by molar-refractivity contribution is 5.64. The van der Waals surface area contributed by atoms with Crippen molar-refractivity contribution in [2.45, 2.75) is 24.9 Å². The fraction of sp³-hybridized carbons (Fsp3) is 0.320. The van der Waals surface area contributed by atoms with Crippen LogP contribution in [0.15, 0.2) is 55.0 Å². The Morgan fingerprint density at radius 2 is 1.73 bits per heavy atom. The molecule has 3 aromatic heterocycles. The summed E-state index contributed by atoms with van der Waals surface area (Å²) in [6.07, 6.45) is 7.81. The Hall–Kier alpha value is -3.36. The van der Waals surface area contributed by atoms with Crippen LogP contribution in [0, 0.1) is 5.82 Å². The van der Waals surface area contributed by atoms with Gasteiger partial charge in [-0.1, -0.05) is 12.1 Å². The Labute approximate surface area is 190 Å². The Morgan fingerprint density at radius 1 is 0.970 bits per heavy atom. The van der Waals surface area contributed by atoms with Crippen LogP contribution in [0.1, 0.15) is 29.8 Å². The van der Waals surface area contributed by atoms with Crippen molar-refractivity contribution >= 4 is 11.6 Å². The number of pyridine rings is 1. The lowest BCUT2D eigenvalue weighted by atomic mass is 9.80.